The molecule has 16 heavy (non-hydrogen) atoms. The molecular formula is C13H19O2Si. The van der Waals surface area contributed by atoms with Crippen molar-refractivity contribution in [1.82, 2.24) is 0 Å². The van der Waals surface area contributed by atoms with Gasteiger partial charge in [-0.3, -0.25) is 4.79 Å². The van der Waals surface area contributed by atoms with E-state index in [1.54, 1.807) is 0 Å². The third kappa shape index (κ3) is 1.72. The van der Waals surface area contributed by atoms with Crippen LogP contribution in [-0.2, 0) is 9.22 Å². The van der Waals surface area contributed by atoms with Gasteiger partial charge in [-0.2, -0.15) is 0 Å². The Morgan fingerprint density at radius 3 is 2.19 bits per heavy atom. The SMILES string of the molecule is CC1=C(C)C(C)(C)C(C=O)=C1C(C)(C)O[Si]. The highest BCUT2D eigenvalue weighted by Crippen LogP contribution is 2.49. The van der Waals surface area contributed by atoms with E-state index < -0.39 is 5.60 Å². The average Bonchev–Trinajstić information content (AvgIpc) is 2.38. The molecule has 0 saturated heterocycles. The van der Waals surface area contributed by atoms with Crippen LogP contribution < -0.4 is 0 Å². The Balaban J connectivity index is 3.50. The van der Waals surface area contributed by atoms with E-state index in [0.29, 0.717) is 0 Å². The molecule has 1 aliphatic carbocycles. The summed E-state index contributed by atoms with van der Waals surface area (Å²) in [6, 6.07) is 0. The van der Waals surface area contributed by atoms with Gasteiger partial charge in [-0.15, -0.1) is 0 Å². The predicted octanol–water partition coefficient (Wildman–Crippen LogP) is 2.74. The summed E-state index contributed by atoms with van der Waals surface area (Å²) in [5, 5.41) is 0. The van der Waals surface area contributed by atoms with Crippen LogP contribution in [0.1, 0.15) is 41.5 Å². The first-order valence-corrected chi connectivity index (χ1v) is 5.84. The Bertz CT molecular complexity index is 387. The van der Waals surface area contributed by atoms with Gasteiger partial charge in [0.1, 0.15) is 6.29 Å². The van der Waals surface area contributed by atoms with Crippen molar-refractivity contribution in [3.63, 3.8) is 0 Å². The van der Waals surface area contributed by atoms with E-state index in [1.807, 2.05) is 13.8 Å². The van der Waals surface area contributed by atoms with Crippen LogP contribution in [0.15, 0.2) is 22.3 Å². The average molecular weight is 235 g/mol. The summed E-state index contributed by atoms with van der Waals surface area (Å²) >= 11 is 0. The van der Waals surface area contributed by atoms with Crippen LogP contribution in [0.5, 0.6) is 0 Å². The van der Waals surface area contributed by atoms with Gasteiger partial charge in [0.25, 0.3) is 0 Å². The van der Waals surface area contributed by atoms with Gasteiger partial charge in [-0.05, 0) is 38.8 Å². The molecule has 0 fully saturated rings. The predicted molar refractivity (Wildman–Crippen MR) is 66.2 cm³/mol. The summed E-state index contributed by atoms with van der Waals surface area (Å²) in [6.45, 7) is 12.2. The number of carbonyl (C=O) groups is 1. The molecule has 0 heterocycles. The summed E-state index contributed by atoms with van der Waals surface area (Å²) < 4.78 is 5.32. The topological polar surface area (TPSA) is 26.3 Å². The van der Waals surface area contributed by atoms with E-state index in [0.717, 1.165) is 23.0 Å². The lowest BCUT2D eigenvalue weighted by Gasteiger charge is -2.28. The van der Waals surface area contributed by atoms with Crippen molar-refractivity contribution in [3.8, 4) is 0 Å². The van der Waals surface area contributed by atoms with Crippen molar-refractivity contribution in [2.75, 3.05) is 0 Å². The minimum Gasteiger partial charge on any atom is -0.410 e. The highest BCUT2D eigenvalue weighted by molar-refractivity contribution is 5.98. The van der Waals surface area contributed by atoms with E-state index in [-0.39, 0.29) is 5.41 Å². The van der Waals surface area contributed by atoms with Crippen molar-refractivity contribution in [2.45, 2.75) is 47.1 Å². The molecule has 0 aliphatic heterocycles. The van der Waals surface area contributed by atoms with Gasteiger partial charge in [0.05, 0.1) is 5.60 Å². The van der Waals surface area contributed by atoms with E-state index in [2.05, 4.69) is 38.2 Å². The highest BCUT2D eigenvalue weighted by Gasteiger charge is 2.41. The maximum absolute atomic E-state index is 11.3. The van der Waals surface area contributed by atoms with Crippen molar-refractivity contribution in [1.29, 1.82) is 0 Å². The molecule has 87 valence electrons. The monoisotopic (exact) mass is 235 g/mol. The van der Waals surface area contributed by atoms with E-state index in [1.165, 1.54) is 5.57 Å². The number of hydrogen-bond acceptors (Lipinski definition) is 2. The number of aldehydes is 1. The first-order chi connectivity index (χ1) is 7.20. The number of allylic oxidation sites excluding steroid dienone is 2. The summed E-state index contributed by atoms with van der Waals surface area (Å²) in [7, 11) is 3.10. The summed E-state index contributed by atoms with van der Waals surface area (Å²) in [4.78, 5) is 11.3. The third-order valence-corrected chi connectivity index (χ3v) is 4.30. The van der Waals surface area contributed by atoms with E-state index in [4.69, 9.17) is 4.43 Å². The van der Waals surface area contributed by atoms with Crippen molar-refractivity contribution in [2.24, 2.45) is 5.41 Å². The number of carbonyl (C=O) groups excluding carboxylic acids is 1. The summed E-state index contributed by atoms with van der Waals surface area (Å²) in [6.07, 6.45) is 0.961. The molecule has 2 nitrogen and oxygen atoms in total. The Morgan fingerprint density at radius 1 is 1.31 bits per heavy atom. The van der Waals surface area contributed by atoms with Gasteiger partial charge < -0.3 is 4.43 Å². The van der Waals surface area contributed by atoms with Crippen LogP contribution in [0.2, 0.25) is 0 Å². The second kappa shape index (κ2) is 3.97. The largest absolute Gasteiger partial charge is 0.410 e. The first-order valence-electron chi connectivity index (χ1n) is 5.43. The minimum atomic E-state index is -0.494. The van der Waals surface area contributed by atoms with E-state index in [9.17, 15) is 4.79 Å². The number of rotatable bonds is 3. The zero-order valence-electron chi connectivity index (χ0n) is 10.9. The molecule has 0 amide bonds. The smallest absolute Gasteiger partial charge is 0.247 e. The second-order valence-electron chi connectivity index (χ2n) is 5.39. The Kier molecular flexibility index (Phi) is 3.32. The Labute approximate surface area is 101 Å². The molecule has 0 aromatic rings. The molecule has 0 N–H and O–H groups in total. The van der Waals surface area contributed by atoms with Crippen LogP contribution in [0.4, 0.5) is 0 Å². The lowest BCUT2D eigenvalue weighted by Crippen LogP contribution is -2.28. The standard InChI is InChI=1S/C13H19O2Si/c1-8-9(2)12(3,4)10(7-14)11(8)13(5,6)15-16/h7H,1-6H3. The van der Waals surface area contributed by atoms with Gasteiger partial charge in [0, 0.05) is 11.0 Å². The molecule has 0 aromatic carbocycles. The van der Waals surface area contributed by atoms with Gasteiger partial charge in [0.15, 0.2) is 0 Å². The van der Waals surface area contributed by atoms with Crippen molar-refractivity contribution < 1.29 is 9.22 Å². The van der Waals surface area contributed by atoms with Crippen molar-refractivity contribution >= 4 is 16.8 Å². The molecular weight excluding hydrogens is 216 g/mol. The molecule has 3 heteroatoms. The molecule has 0 saturated carbocycles. The highest BCUT2D eigenvalue weighted by atomic mass is 28.2. The van der Waals surface area contributed by atoms with Gasteiger partial charge >= 0.3 is 0 Å². The molecule has 3 radical (unpaired) electrons. The fourth-order valence-electron chi connectivity index (χ4n) is 2.41. The zero-order valence-corrected chi connectivity index (χ0v) is 11.9. The first kappa shape index (κ1) is 13.4. The van der Waals surface area contributed by atoms with Crippen LogP contribution in [0, 0.1) is 5.41 Å². The minimum absolute atomic E-state index is 0.191. The van der Waals surface area contributed by atoms with Gasteiger partial charge in [0.2, 0.25) is 10.5 Å². The lowest BCUT2D eigenvalue weighted by molar-refractivity contribution is -0.105. The Morgan fingerprint density at radius 2 is 1.81 bits per heavy atom. The molecule has 1 aliphatic rings. The van der Waals surface area contributed by atoms with Gasteiger partial charge in [-0.1, -0.05) is 19.4 Å². The fourth-order valence-corrected chi connectivity index (χ4v) is 2.51. The normalized spacial score (nSPS) is 20.7. The maximum Gasteiger partial charge on any atom is 0.247 e. The quantitative estimate of drug-likeness (QED) is 0.555. The lowest BCUT2D eigenvalue weighted by atomic mass is 9.80. The van der Waals surface area contributed by atoms with Crippen LogP contribution >= 0.6 is 0 Å². The van der Waals surface area contributed by atoms with Gasteiger partial charge in [-0.25, -0.2) is 0 Å². The molecule has 0 spiro atoms. The third-order valence-electron chi connectivity index (χ3n) is 3.79. The molecule has 1 rings (SSSR count). The number of hydrogen-bond donors (Lipinski definition) is 0. The van der Waals surface area contributed by atoms with Crippen LogP contribution in [0.25, 0.3) is 0 Å². The summed E-state index contributed by atoms with van der Waals surface area (Å²) in [5.74, 6) is 0. The second-order valence-corrected chi connectivity index (χ2v) is 5.60. The zero-order chi connectivity index (χ0) is 12.7. The molecule has 0 aromatic heterocycles. The van der Waals surface area contributed by atoms with Crippen molar-refractivity contribution in [3.05, 3.63) is 22.3 Å². The molecule has 0 bridgehead atoms. The molecule has 0 atom stereocenters. The van der Waals surface area contributed by atoms with E-state index >= 15 is 0 Å². The summed E-state index contributed by atoms with van der Waals surface area (Å²) in [5.41, 5.74) is 3.54. The Hall–Kier alpha value is -0.673. The fraction of sp³-hybridized carbons (Fsp3) is 0.615. The molecule has 0 unspecified atom stereocenters. The maximum atomic E-state index is 11.3. The van der Waals surface area contributed by atoms with Crippen LogP contribution in [0.3, 0.4) is 0 Å². The van der Waals surface area contributed by atoms with Crippen LogP contribution in [-0.4, -0.2) is 22.4 Å².